The average molecular weight is 506 g/mol. The number of hydrogen-bond acceptors (Lipinski definition) is 5. The smallest absolute Gasteiger partial charge is 0.454 e. The van der Waals surface area contributed by atoms with Gasteiger partial charge < -0.3 is 19.2 Å². The molecule has 0 aliphatic carbocycles. The normalized spacial score (nSPS) is 18.8. The van der Waals surface area contributed by atoms with Crippen molar-refractivity contribution in [1.82, 2.24) is 10.3 Å². The Balaban J connectivity index is 1.28. The first kappa shape index (κ1) is 23.2. The number of ether oxygens (including phenoxy) is 3. The lowest BCUT2D eigenvalue weighted by molar-refractivity contribution is -0.274. The van der Waals surface area contributed by atoms with Gasteiger partial charge in [-0.15, -0.1) is 13.2 Å². The molecule has 3 heterocycles. The molecule has 6 rings (SSSR count). The standard InChI is InChI=1S/C28H21F3N2O4/c29-28(30,31)37-18-9-5-16(6-10-18)7-11-23(34)22-14-20-19-3-1-2-4-21(19)32-27(20)26(33-22)17-8-12-24-25(13-17)36-15-35-24/h1-13,22,26,32-33H,14-15H2. The highest BCUT2D eigenvalue weighted by atomic mass is 19.4. The summed E-state index contributed by atoms with van der Waals surface area (Å²) in [7, 11) is 0. The molecule has 2 aliphatic rings. The zero-order valence-corrected chi connectivity index (χ0v) is 19.3. The SMILES string of the molecule is O=C(C=Cc1ccc(OC(F)(F)F)cc1)C1Cc2c([nH]c3ccccc23)C(c2ccc3c(c2)OCO3)N1. The zero-order chi connectivity index (χ0) is 25.6. The lowest BCUT2D eigenvalue weighted by atomic mass is 9.88. The summed E-state index contributed by atoms with van der Waals surface area (Å²) in [6, 6.07) is 18.3. The number of rotatable bonds is 5. The van der Waals surface area contributed by atoms with Crippen LogP contribution in [0.25, 0.3) is 17.0 Å². The molecule has 9 heteroatoms. The number of nitrogens with one attached hydrogen (secondary N) is 2. The monoisotopic (exact) mass is 506 g/mol. The Bertz CT molecular complexity index is 1510. The van der Waals surface area contributed by atoms with Crippen molar-refractivity contribution in [2.24, 2.45) is 0 Å². The van der Waals surface area contributed by atoms with Crippen LogP contribution >= 0.6 is 0 Å². The number of hydrogen-bond donors (Lipinski definition) is 2. The van der Waals surface area contributed by atoms with Gasteiger partial charge in [-0.3, -0.25) is 10.1 Å². The van der Waals surface area contributed by atoms with Gasteiger partial charge in [0, 0.05) is 16.6 Å². The molecule has 2 unspecified atom stereocenters. The van der Waals surface area contributed by atoms with E-state index < -0.39 is 12.4 Å². The Morgan fingerprint density at radius 1 is 1.00 bits per heavy atom. The summed E-state index contributed by atoms with van der Waals surface area (Å²) in [5, 5.41) is 4.54. The molecule has 0 fully saturated rings. The van der Waals surface area contributed by atoms with Gasteiger partial charge in [0.15, 0.2) is 17.3 Å². The molecular formula is C28H21F3N2O4. The van der Waals surface area contributed by atoms with Crippen LogP contribution in [0, 0.1) is 0 Å². The summed E-state index contributed by atoms with van der Waals surface area (Å²) in [6.07, 6.45) is -1.23. The number of carbonyl (C=O) groups excluding carboxylic acids is 1. The van der Waals surface area contributed by atoms with E-state index in [0.717, 1.165) is 27.7 Å². The van der Waals surface area contributed by atoms with Crippen LogP contribution < -0.4 is 19.5 Å². The number of carbonyl (C=O) groups is 1. The van der Waals surface area contributed by atoms with Gasteiger partial charge >= 0.3 is 6.36 Å². The van der Waals surface area contributed by atoms with E-state index in [2.05, 4.69) is 15.0 Å². The molecule has 0 saturated heterocycles. The summed E-state index contributed by atoms with van der Waals surface area (Å²) < 4.78 is 52.1. The summed E-state index contributed by atoms with van der Waals surface area (Å²) in [5.74, 6) is 0.877. The number of para-hydroxylation sites is 1. The minimum absolute atomic E-state index is 0.141. The Kier molecular flexibility index (Phi) is 5.64. The van der Waals surface area contributed by atoms with Crippen molar-refractivity contribution >= 4 is 22.8 Å². The quantitative estimate of drug-likeness (QED) is 0.341. The molecule has 37 heavy (non-hydrogen) atoms. The number of halogens is 3. The lowest BCUT2D eigenvalue weighted by Crippen LogP contribution is -2.44. The summed E-state index contributed by atoms with van der Waals surface area (Å²) in [4.78, 5) is 16.8. The Labute approximate surface area is 209 Å². The molecule has 2 aliphatic heterocycles. The van der Waals surface area contributed by atoms with Crippen molar-refractivity contribution < 1.29 is 32.2 Å². The van der Waals surface area contributed by atoms with Gasteiger partial charge in [0.25, 0.3) is 0 Å². The van der Waals surface area contributed by atoms with E-state index in [4.69, 9.17) is 9.47 Å². The fourth-order valence-corrected chi connectivity index (χ4v) is 4.85. The molecule has 0 bridgehead atoms. The van der Waals surface area contributed by atoms with Gasteiger partial charge in [-0.1, -0.05) is 42.5 Å². The van der Waals surface area contributed by atoms with Crippen LogP contribution in [-0.4, -0.2) is 30.0 Å². The average Bonchev–Trinajstić information content (AvgIpc) is 3.50. The topological polar surface area (TPSA) is 72.6 Å². The Hall–Kier alpha value is -4.24. The predicted molar refractivity (Wildman–Crippen MR) is 131 cm³/mol. The molecule has 188 valence electrons. The number of fused-ring (bicyclic) bond motifs is 4. The number of benzene rings is 3. The van der Waals surface area contributed by atoms with Crippen LogP contribution in [0.1, 0.15) is 28.4 Å². The Morgan fingerprint density at radius 2 is 1.78 bits per heavy atom. The first-order valence-electron chi connectivity index (χ1n) is 11.7. The fraction of sp³-hybridized carbons (Fsp3) is 0.179. The van der Waals surface area contributed by atoms with E-state index in [1.807, 2.05) is 42.5 Å². The first-order valence-corrected chi connectivity index (χ1v) is 11.7. The van der Waals surface area contributed by atoms with Gasteiger partial charge in [-0.2, -0.15) is 0 Å². The number of H-pyrrole nitrogens is 1. The Morgan fingerprint density at radius 3 is 2.59 bits per heavy atom. The van der Waals surface area contributed by atoms with Crippen molar-refractivity contribution in [2.75, 3.05) is 6.79 Å². The lowest BCUT2D eigenvalue weighted by Gasteiger charge is -2.30. The molecule has 6 nitrogen and oxygen atoms in total. The highest BCUT2D eigenvalue weighted by Crippen LogP contribution is 2.39. The van der Waals surface area contributed by atoms with Gasteiger partial charge in [0.2, 0.25) is 6.79 Å². The molecular weight excluding hydrogens is 485 g/mol. The van der Waals surface area contributed by atoms with E-state index in [1.165, 1.54) is 30.3 Å². The minimum atomic E-state index is -4.75. The molecule has 0 spiro atoms. The number of ketones is 1. The second-order valence-electron chi connectivity index (χ2n) is 8.88. The van der Waals surface area contributed by atoms with Crippen molar-refractivity contribution in [3.63, 3.8) is 0 Å². The molecule has 4 aromatic rings. The third kappa shape index (κ3) is 4.65. The largest absolute Gasteiger partial charge is 0.573 e. The third-order valence-electron chi connectivity index (χ3n) is 6.54. The maximum absolute atomic E-state index is 13.3. The van der Waals surface area contributed by atoms with Crippen LogP contribution in [0.15, 0.2) is 72.8 Å². The van der Waals surface area contributed by atoms with Crippen molar-refractivity contribution in [1.29, 1.82) is 0 Å². The number of alkyl halides is 3. The molecule has 2 N–H and O–H groups in total. The van der Waals surface area contributed by atoms with E-state index in [0.29, 0.717) is 23.5 Å². The van der Waals surface area contributed by atoms with Crippen molar-refractivity contribution in [2.45, 2.75) is 24.9 Å². The summed E-state index contributed by atoms with van der Waals surface area (Å²) in [5.41, 5.74) is 4.56. The van der Waals surface area contributed by atoms with Crippen molar-refractivity contribution in [3.05, 3.63) is 95.2 Å². The highest BCUT2D eigenvalue weighted by Gasteiger charge is 2.34. The third-order valence-corrected chi connectivity index (χ3v) is 6.54. The number of aromatic amines is 1. The van der Waals surface area contributed by atoms with Crippen LogP contribution in [0.2, 0.25) is 0 Å². The zero-order valence-electron chi connectivity index (χ0n) is 19.3. The molecule has 0 amide bonds. The first-order chi connectivity index (χ1) is 17.8. The van der Waals surface area contributed by atoms with Crippen molar-refractivity contribution in [3.8, 4) is 17.2 Å². The van der Waals surface area contributed by atoms with Gasteiger partial charge in [-0.05, 0) is 59.5 Å². The molecule has 1 aromatic heterocycles. The van der Waals surface area contributed by atoms with Crippen LogP contribution in [0.5, 0.6) is 17.2 Å². The molecule has 3 aromatic carbocycles. The van der Waals surface area contributed by atoms with E-state index >= 15 is 0 Å². The van der Waals surface area contributed by atoms with Crippen LogP contribution in [-0.2, 0) is 11.2 Å². The molecule has 2 atom stereocenters. The maximum atomic E-state index is 13.3. The van der Waals surface area contributed by atoms with E-state index in [1.54, 1.807) is 6.08 Å². The van der Waals surface area contributed by atoms with E-state index in [-0.39, 0.29) is 24.4 Å². The molecule has 0 saturated carbocycles. The van der Waals surface area contributed by atoms with Crippen LogP contribution in [0.3, 0.4) is 0 Å². The fourth-order valence-electron chi connectivity index (χ4n) is 4.85. The van der Waals surface area contributed by atoms with Gasteiger partial charge in [0.1, 0.15) is 5.75 Å². The van der Waals surface area contributed by atoms with Gasteiger partial charge in [-0.25, -0.2) is 0 Å². The predicted octanol–water partition coefficient (Wildman–Crippen LogP) is 5.68. The highest BCUT2D eigenvalue weighted by molar-refractivity contribution is 5.99. The maximum Gasteiger partial charge on any atom is 0.573 e. The summed E-state index contributed by atoms with van der Waals surface area (Å²) in [6.45, 7) is 0.170. The summed E-state index contributed by atoms with van der Waals surface area (Å²) >= 11 is 0. The second kappa shape index (κ2) is 9.01. The van der Waals surface area contributed by atoms with Crippen LogP contribution in [0.4, 0.5) is 13.2 Å². The number of aromatic nitrogens is 1. The van der Waals surface area contributed by atoms with Gasteiger partial charge in [0.05, 0.1) is 12.1 Å². The molecule has 0 radical (unpaired) electrons. The minimum Gasteiger partial charge on any atom is -0.454 e. The van der Waals surface area contributed by atoms with E-state index in [9.17, 15) is 18.0 Å². The second-order valence-corrected chi connectivity index (χ2v) is 8.88.